The van der Waals surface area contributed by atoms with Gasteiger partial charge in [0.25, 0.3) is 5.97 Å². The second kappa shape index (κ2) is 13.4. The summed E-state index contributed by atoms with van der Waals surface area (Å²) in [6.45, 7) is 1.74. The normalized spacial score (nSPS) is 19.0. The highest BCUT2D eigenvalue weighted by molar-refractivity contribution is 6.11. The topological polar surface area (TPSA) is 129 Å². The van der Waals surface area contributed by atoms with Crippen LogP contribution in [0.5, 0.6) is 5.75 Å². The Balaban J connectivity index is 2.21. The smallest absolute Gasteiger partial charge is 0.419 e. The molecule has 0 aliphatic carbocycles. The molecule has 1 aromatic carbocycles. The van der Waals surface area contributed by atoms with Gasteiger partial charge in [0.05, 0.1) is 25.2 Å². The van der Waals surface area contributed by atoms with E-state index < -0.39 is 59.8 Å². The van der Waals surface area contributed by atoms with Gasteiger partial charge in [-0.15, -0.1) is 0 Å². The molecule has 0 bridgehead atoms. The zero-order valence-electron chi connectivity index (χ0n) is 22.2. The summed E-state index contributed by atoms with van der Waals surface area (Å²) in [7, 11) is 4.13. The largest absolute Gasteiger partial charge is 0.493 e. The molecule has 38 heavy (non-hydrogen) atoms. The number of hydrogen-bond acceptors (Lipinski definition) is 8. The van der Waals surface area contributed by atoms with Crippen LogP contribution < -0.4 is 20.7 Å². The van der Waals surface area contributed by atoms with Crippen LogP contribution in [-0.2, 0) is 15.7 Å². The molecule has 13 heteroatoms. The lowest BCUT2D eigenvalue weighted by Crippen LogP contribution is -2.73. The molecule has 10 nitrogen and oxygen atoms in total. The van der Waals surface area contributed by atoms with Crippen LogP contribution in [0.3, 0.4) is 0 Å². The molecule has 0 spiro atoms. The van der Waals surface area contributed by atoms with Gasteiger partial charge in [-0.25, -0.2) is 9.69 Å². The fourth-order valence-corrected chi connectivity index (χ4v) is 4.44. The monoisotopic (exact) mass is 546 g/mol. The third kappa shape index (κ3) is 6.82. The number of unbranched alkanes of at least 4 members (excludes halogenated alkanes) is 5. The number of carbonyl (C=O) groups excluding carboxylic acids is 2. The predicted octanol–water partition coefficient (Wildman–Crippen LogP) is 3.56. The van der Waals surface area contributed by atoms with Gasteiger partial charge in [-0.2, -0.15) is 13.2 Å². The van der Waals surface area contributed by atoms with Crippen LogP contribution in [-0.4, -0.2) is 73.7 Å². The van der Waals surface area contributed by atoms with E-state index in [4.69, 9.17) is 9.47 Å². The molecule has 1 heterocycles. The van der Waals surface area contributed by atoms with E-state index in [9.17, 15) is 32.7 Å². The number of nitrogens with zero attached hydrogens (tertiary/aromatic N) is 1. The number of Topliss-reactive ketones (excluding diaryl/α,β-unsaturated/α-hetero) is 2. The summed E-state index contributed by atoms with van der Waals surface area (Å²) in [5.41, 5.74) is -3.44. The van der Waals surface area contributed by atoms with Crippen LogP contribution in [0.15, 0.2) is 18.2 Å². The maximum Gasteiger partial charge on any atom is 0.419 e. The number of ether oxygens (including phenoxy) is 2. The van der Waals surface area contributed by atoms with Gasteiger partial charge in [-0.1, -0.05) is 39.0 Å². The summed E-state index contributed by atoms with van der Waals surface area (Å²) in [4.78, 5) is 38.9. The Morgan fingerprint density at radius 2 is 1.68 bits per heavy atom. The van der Waals surface area contributed by atoms with E-state index in [1.54, 1.807) is 0 Å². The third-order valence-corrected chi connectivity index (χ3v) is 6.61. The summed E-state index contributed by atoms with van der Waals surface area (Å²) in [6, 6.07) is 2.89. The van der Waals surface area contributed by atoms with Gasteiger partial charge >= 0.3 is 12.3 Å². The molecular formula is C25H37F3N4O6. The van der Waals surface area contributed by atoms with Gasteiger partial charge in [0.15, 0.2) is 17.2 Å². The Kier molecular flexibility index (Phi) is 11.1. The number of likely N-dealkylation sites (N-methyl/N-ethyl adjacent to an activating group) is 1. The maximum atomic E-state index is 13.8. The lowest BCUT2D eigenvalue weighted by molar-refractivity contribution is -0.139. The number of amides is 1. The molecule has 1 atom stereocenters. The third-order valence-electron chi connectivity index (χ3n) is 6.61. The van der Waals surface area contributed by atoms with Crippen molar-refractivity contribution < 1.29 is 42.1 Å². The van der Waals surface area contributed by atoms with Crippen molar-refractivity contribution in [3.8, 4) is 5.75 Å². The summed E-state index contributed by atoms with van der Waals surface area (Å²) >= 11 is 0. The molecule has 2 rings (SSSR count). The molecule has 0 unspecified atom stereocenters. The molecule has 1 aromatic rings. The number of halogens is 3. The highest BCUT2D eigenvalue weighted by Crippen LogP contribution is 2.38. The number of benzene rings is 1. The number of rotatable bonds is 15. The predicted molar refractivity (Wildman–Crippen MR) is 133 cm³/mol. The summed E-state index contributed by atoms with van der Waals surface area (Å²) < 4.78 is 52.2. The summed E-state index contributed by atoms with van der Waals surface area (Å²) in [5, 5.41) is 17.7. The first-order chi connectivity index (χ1) is 17.9. The fraction of sp³-hybridized carbons (Fsp3) is 0.640. The quantitative estimate of drug-likeness (QED) is 0.113. The van der Waals surface area contributed by atoms with Crippen LogP contribution in [0, 0.1) is 0 Å². The molecule has 4 N–H and O–H groups in total. The zero-order chi connectivity index (χ0) is 28.6. The molecule has 214 valence electrons. The summed E-state index contributed by atoms with van der Waals surface area (Å²) in [5.74, 6) is -3.97. The first-order valence-electron chi connectivity index (χ1n) is 12.6. The molecule has 1 aliphatic heterocycles. The number of alkyl halides is 3. The number of carboxylic acid groups (broad SMARTS) is 1. The van der Waals surface area contributed by atoms with Gasteiger partial charge in [0, 0.05) is 5.56 Å². The maximum absolute atomic E-state index is 13.8. The molecule has 0 radical (unpaired) electrons. The van der Waals surface area contributed by atoms with Crippen LogP contribution in [0.2, 0.25) is 0 Å². The SMILES string of the molecule is CCCCCCCCOc1ccc(C(=O)CC(=O)[C@]2(NC)COC(NC)(NC)N2C(=O)O)cc1C(F)(F)F. The second-order valence-electron chi connectivity index (χ2n) is 9.01. The minimum atomic E-state index is -4.79. The standard InChI is InChI=1S/C25H37F3N4O6/c1-5-6-7-8-9-10-13-37-20-12-11-17(14-18(20)24(26,27)28)19(33)15-21(34)23(29-2)16-38-25(30-3,31-4)32(23)22(35)36/h11-12,14,29-31H,5-10,13,15-16H2,1-4H3,(H,35,36)/t23-/m0/s1. The first-order valence-corrected chi connectivity index (χ1v) is 12.6. The average Bonchev–Trinajstić information content (AvgIpc) is 3.24. The molecule has 1 saturated heterocycles. The number of hydrogen-bond donors (Lipinski definition) is 4. The Labute approximate surface area is 220 Å². The lowest BCUT2D eigenvalue weighted by atomic mass is 9.95. The molecular weight excluding hydrogens is 509 g/mol. The van der Waals surface area contributed by atoms with Crippen molar-refractivity contribution in [3.05, 3.63) is 29.3 Å². The molecule has 0 saturated carbocycles. The Bertz CT molecular complexity index is 986. The van der Waals surface area contributed by atoms with Crippen LogP contribution in [0.4, 0.5) is 18.0 Å². The van der Waals surface area contributed by atoms with Crippen molar-refractivity contribution in [2.75, 3.05) is 34.4 Å². The highest BCUT2D eigenvalue weighted by atomic mass is 19.4. The van der Waals surface area contributed by atoms with E-state index >= 15 is 0 Å². The molecule has 0 aromatic heterocycles. The highest BCUT2D eigenvalue weighted by Gasteiger charge is 2.61. The van der Waals surface area contributed by atoms with Crippen LogP contribution in [0.1, 0.15) is 67.8 Å². The van der Waals surface area contributed by atoms with Crippen LogP contribution in [0.25, 0.3) is 0 Å². The van der Waals surface area contributed by atoms with E-state index in [-0.39, 0.29) is 12.2 Å². The molecule has 1 fully saturated rings. The van der Waals surface area contributed by atoms with Crippen molar-refractivity contribution in [1.82, 2.24) is 20.9 Å². The first kappa shape index (κ1) is 31.5. The van der Waals surface area contributed by atoms with E-state index in [0.29, 0.717) is 17.4 Å². The minimum Gasteiger partial charge on any atom is -0.493 e. The van der Waals surface area contributed by atoms with Crippen molar-refractivity contribution >= 4 is 17.7 Å². The Morgan fingerprint density at radius 3 is 2.24 bits per heavy atom. The van der Waals surface area contributed by atoms with Crippen LogP contribution >= 0.6 is 0 Å². The Morgan fingerprint density at radius 1 is 1.05 bits per heavy atom. The lowest BCUT2D eigenvalue weighted by Gasteiger charge is -2.40. The average molecular weight is 547 g/mol. The molecule has 1 aliphatic rings. The fourth-order valence-electron chi connectivity index (χ4n) is 4.44. The Hall–Kier alpha value is -2.74. The summed E-state index contributed by atoms with van der Waals surface area (Å²) in [6.07, 6.45) is -1.50. The van der Waals surface area contributed by atoms with E-state index in [0.717, 1.165) is 38.2 Å². The van der Waals surface area contributed by atoms with E-state index in [2.05, 4.69) is 22.9 Å². The second-order valence-corrected chi connectivity index (χ2v) is 9.01. The van der Waals surface area contributed by atoms with Gasteiger partial charge in [0.2, 0.25) is 0 Å². The number of nitrogens with one attached hydrogen (secondary N) is 3. The number of ketones is 2. The number of carbonyl (C=O) groups is 3. The van der Waals surface area contributed by atoms with Gasteiger partial charge in [0.1, 0.15) is 5.75 Å². The van der Waals surface area contributed by atoms with Crippen molar-refractivity contribution in [2.24, 2.45) is 0 Å². The van der Waals surface area contributed by atoms with Gasteiger partial charge < -0.3 is 14.6 Å². The minimum absolute atomic E-state index is 0.107. The van der Waals surface area contributed by atoms with Crippen molar-refractivity contribution in [3.63, 3.8) is 0 Å². The molecule has 1 amide bonds. The van der Waals surface area contributed by atoms with E-state index in [1.165, 1.54) is 27.2 Å². The van der Waals surface area contributed by atoms with Crippen molar-refractivity contribution in [2.45, 2.75) is 69.7 Å². The van der Waals surface area contributed by atoms with Gasteiger partial charge in [-0.05, 0) is 45.8 Å². The van der Waals surface area contributed by atoms with Gasteiger partial charge in [-0.3, -0.25) is 25.5 Å². The van der Waals surface area contributed by atoms with Crippen molar-refractivity contribution in [1.29, 1.82) is 0 Å². The zero-order valence-corrected chi connectivity index (χ0v) is 22.2. The van der Waals surface area contributed by atoms with E-state index in [1.807, 2.05) is 0 Å².